The van der Waals surface area contributed by atoms with Crippen molar-refractivity contribution in [3.63, 3.8) is 0 Å². The van der Waals surface area contributed by atoms with Crippen LogP contribution in [0.4, 0.5) is 13.2 Å². The van der Waals surface area contributed by atoms with Crippen molar-refractivity contribution in [3.05, 3.63) is 77.2 Å². The number of nitrogens with one attached hydrogen (secondary N) is 2. The first-order chi connectivity index (χ1) is 12.0. The van der Waals surface area contributed by atoms with Crippen molar-refractivity contribution in [3.8, 4) is 11.3 Å². The number of aromatic amines is 1. The van der Waals surface area contributed by atoms with Gasteiger partial charge in [-0.15, -0.1) is 0 Å². The normalized spacial score (nSPS) is 12.3. The summed E-state index contributed by atoms with van der Waals surface area (Å²) in [7, 11) is 0. The Morgan fingerprint density at radius 2 is 1.76 bits per heavy atom. The van der Waals surface area contributed by atoms with Crippen molar-refractivity contribution < 1.29 is 18.3 Å². The molecule has 4 nitrogen and oxygen atoms in total. The molecule has 0 amide bonds. The molecule has 1 heterocycles. The Morgan fingerprint density at radius 1 is 1.04 bits per heavy atom. The first kappa shape index (κ1) is 17.2. The van der Waals surface area contributed by atoms with Crippen molar-refractivity contribution in [1.29, 1.82) is 0 Å². The molecule has 1 atom stereocenters. The van der Waals surface area contributed by atoms with Crippen LogP contribution in [-0.2, 0) is 6.54 Å². The minimum atomic E-state index is -1.11. The van der Waals surface area contributed by atoms with Crippen LogP contribution < -0.4 is 5.32 Å². The van der Waals surface area contributed by atoms with Gasteiger partial charge in [0, 0.05) is 35.8 Å². The third-order valence-corrected chi connectivity index (χ3v) is 3.83. The second kappa shape index (κ2) is 7.50. The molecule has 1 aromatic heterocycles. The molecule has 0 aliphatic carbocycles. The Hall–Kier alpha value is -2.64. The lowest BCUT2D eigenvalue weighted by atomic mass is 10.1. The van der Waals surface area contributed by atoms with Crippen molar-refractivity contribution in [1.82, 2.24) is 15.5 Å². The molecule has 1 unspecified atom stereocenters. The zero-order chi connectivity index (χ0) is 17.8. The number of H-pyrrole nitrogens is 1. The van der Waals surface area contributed by atoms with E-state index in [2.05, 4.69) is 15.5 Å². The molecule has 0 bridgehead atoms. The summed E-state index contributed by atoms with van der Waals surface area (Å²) in [6, 6.07) is 9.04. The Labute approximate surface area is 142 Å². The quantitative estimate of drug-likeness (QED) is 0.641. The van der Waals surface area contributed by atoms with Gasteiger partial charge in [-0.3, -0.25) is 5.10 Å². The molecular formula is C18H16F3N3O. The van der Waals surface area contributed by atoms with E-state index in [9.17, 15) is 18.3 Å². The molecule has 0 saturated carbocycles. The fourth-order valence-corrected chi connectivity index (χ4v) is 2.54. The Morgan fingerprint density at radius 3 is 2.48 bits per heavy atom. The summed E-state index contributed by atoms with van der Waals surface area (Å²) in [5.74, 6) is -1.80. The third-order valence-electron chi connectivity index (χ3n) is 3.83. The van der Waals surface area contributed by atoms with E-state index in [1.807, 2.05) is 0 Å². The predicted molar refractivity (Wildman–Crippen MR) is 87.0 cm³/mol. The fraction of sp³-hybridized carbons (Fsp3) is 0.167. The number of nitrogens with zero attached hydrogens (tertiary/aromatic N) is 1. The number of halogens is 3. The molecule has 0 aliphatic rings. The number of benzene rings is 2. The van der Waals surface area contributed by atoms with Gasteiger partial charge in [0.2, 0.25) is 0 Å². The smallest absolute Gasteiger partial charge is 0.131 e. The molecular weight excluding hydrogens is 331 g/mol. The number of hydrogen-bond acceptors (Lipinski definition) is 3. The SMILES string of the molecule is OC(CNCc1cn[nH]c1-c1ccc(F)cc1)c1ccc(F)cc1F. The van der Waals surface area contributed by atoms with Gasteiger partial charge in [-0.1, -0.05) is 6.07 Å². The van der Waals surface area contributed by atoms with Gasteiger partial charge in [-0.2, -0.15) is 5.10 Å². The van der Waals surface area contributed by atoms with E-state index >= 15 is 0 Å². The van der Waals surface area contributed by atoms with Gasteiger partial charge < -0.3 is 10.4 Å². The average molecular weight is 347 g/mol. The monoisotopic (exact) mass is 347 g/mol. The molecule has 0 aliphatic heterocycles. The second-order valence-electron chi connectivity index (χ2n) is 5.59. The van der Waals surface area contributed by atoms with Gasteiger partial charge in [0.15, 0.2) is 0 Å². The first-order valence-electron chi connectivity index (χ1n) is 7.66. The van der Waals surface area contributed by atoms with Crippen LogP contribution in [0.2, 0.25) is 0 Å². The zero-order valence-electron chi connectivity index (χ0n) is 13.1. The summed E-state index contributed by atoms with van der Waals surface area (Å²) < 4.78 is 39.6. The van der Waals surface area contributed by atoms with Gasteiger partial charge in [-0.25, -0.2) is 13.2 Å². The van der Waals surface area contributed by atoms with Crippen molar-refractivity contribution in [2.24, 2.45) is 0 Å². The molecule has 3 rings (SSSR count). The number of hydrogen-bond donors (Lipinski definition) is 3. The van der Waals surface area contributed by atoms with Gasteiger partial charge in [0.1, 0.15) is 17.5 Å². The van der Waals surface area contributed by atoms with Crippen molar-refractivity contribution in [2.45, 2.75) is 12.6 Å². The fourth-order valence-electron chi connectivity index (χ4n) is 2.54. The van der Waals surface area contributed by atoms with E-state index < -0.39 is 17.7 Å². The summed E-state index contributed by atoms with van der Waals surface area (Å²) >= 11 is 0. The molecule has 0 spiro atoms. The largest absolute Gasteiger partial charge is 0.387 e. The maximum Gasteiger partial charge on any atom is 0.131 e. The molecule has 25 heavy (non-hydrogen) atoms. The highest BCUT2D eigenvalue weighted by molar-refractivity contribution is 5.62. The first-order valence-corrected chi connectivity index (χ1v) is 7.66. The summed E-state index contributed by atoms with van der Waals surface area (Å²) in [5, 5.41) is 19.9. The minimum Gasteiger partial charge on any atom is -0.387 e. The molecule has 3 N–H and O–H groups in total. The topological polar surface area (TPSA) is 60.9 Å². The van der Waals surface area contributed by atoms with Crippen LogP contribution in [0.25, 0.3) is 11.3 Å². The number of rotatable bonds is 6. The summed E-state index contributed by atoms with van der Waals surface area (Å²) in [5.41, 5.74) is 2.36. The summed E-state index contributed by atoms with van der Waals surface area (Å²) in [6.07, 6.45) is 0.512. The maximum atomic E-state index is 13.6. The van der Waals surface area contributed by atoms with Gasteiger partial charge in [0.05, 0.1) is 18.0 Å². The van der Waals surface area contributed by atoms with Crippen LogP contribution >= 0.6 is 0 Å². The lowest BCUT2D eigenvalue weighted by Crippen LogP contribution is -2.21. The number of aliphatic hydroxyl groups excluding tert-OH is 1. The van der Waals surface area contributed by atoms with Gasteiger partial charge in [-0.05, 0) is 30.3 Å². The lowest BCUT2D eigenvalue weighted by molar-refractivity contribution is 0.169. The highest BCUT2D eigenvalue weighted by Gasteiger charge is 2.14. The Balaban J connectivity index is 1.63. The molecule has 0 saturated heterocycles. The zero-order valence-corrected chi connectivity index (χ0v) is 13.1. The summed E-state index contributed by atoms with van der Waals surface area (Å²) in [6.45, 7) is 0.444. The predicted octanol–water partition coefficient (Wildman–Crippen LogP) is 3.32. The summed E-state index contributed by atoms with van der Waals surface area (Å²) in [4.78, 5) is 0. The average Bonchev–Trinajstić information content (AvgIpc) is 3.04. The Bertz CT molecular complexity index is 849. The third kappa shape index (κ3) is 4.07. The van der Waals surface area contributed by atoms with E-state index in [4.69, 9.17) is 0 Å². The molecule has 0 radical (unpaired) electrons. The van der Waals surface area contributed by atoms with Gasteiger partial charge >= 0.3 is 0 Å². The van der Waals surface area contributed by atoms with Gasteiger partial charge in [0.25, 0.3) is 0 Å². The minimum absolute atomic E-state index is 0.0276. The van der Waals surface area contributed by atoms with Crippen LogP contribution in [0.1, 0.15) is 17.2 Å². The number of aromatic nitrogens is 2. The standard InChI is InChI=1S/C18H16F3N3O/c19-13-3-1-11(2-4-13)18-12(9-23-24-18)8-22-10-17(25)15-6-5-14(20)7-16(15)21/h1-7,9,17,22,25H,8,10H2,(H,23,24). The van der Waals surface area contributed by atoms with E-state index in [0.29, 0.717) is 6.54 Å². The molecule has 7 heteroatoms. The van der Waals surface area contributed by atoms with Crippen molar-refractivity contribution in [2.75, 3.05) is 6.54 Å². The van der Waals surface area contributed by atoms with Crippen LogP contribution in [0.5, 0.6) is 0 Å². The van der Waals surface area contributed by atoms with Crippen LogP contribution in [-0.4, -0.2) is 21.8 Å². The van der Waals surface area contributed by atoms with Crippen LogP contribution in [0, 0.1) is 17.5 Å². The highest BCUT2D eigenvalue weighted by Crippen LogP contribution is 2.22. The lowest BCUT2D eigenvalue weighted by Gasteiger charge is -2.13. The second-order valence-corrected chi connectivity index (χ2v) is 5.59. The van der Waals surface area contributed by atoms with Crippen LogP contribution in [0.3, 0.4) is 0 Å². The Kier molecular flexibility index (Phi) is 5.16. The highest BCUT2D eigenvalue weighted by atomic mass is 19.1. The molecule has 2 aromatic carbocycles. The van der Waals surface area contributed by atoms with E-state index in [1.165, 1.54) is 18.2 Å². The molecule has 130 valence electrons. The van der Waals surface area contributed by atoms with Crippen LogP contribution in [0.15, 0.2) is 48.7 Å². The maximum absolute atomic E-state index is 13.6. The van der Waals surface area contributed by atoms with Crippen molar-refractivity contribution >= 4 is 0 Å². The number of aliphatic hydroxyl groups is 1. The molecule has 3 aromatic rings. The molecule has 0 fully saturated rings. The van der Waals surface area contributed by atoms with E-state index in [1.54, 1.807) is 18.3 Å². The van der Waals surface area contributed by atoms with E-state index in [-0.39, 0.29) is 17.9 Å². The van der Waals surface area contributed by atoms with E-state index in [0.717, 1.165) is 29.0 Å².